The number of nitrogens with zero attached hydrogens (tertiary/aromatic N) is 2. The molecule has 7 nitrogen and oxygen atoms in total. The molecule has 1 N–H and O–H groups in total. The van der Waals surface area contributed by atoms with Crippen LogP contribution in [0.1, 0.15) is 6.42 Å². The Morgan fingerprint density at radius 2 is 2.00 bits per heavy atom. The van der Waals surface area contributed by atoms with Gasteiger partial charge in [-0.2, -0.15) is 0 Å². The Labute approximate surface area is 133 Å². The molecule has 0 saturated carbocycles. The molecule has 8 heteroatoms. The first-order valence-corrected chi connectivity index (χ1v) is 9.31. The predicted molar refractivity (Wildman–Crippen MR) is 86.9 cm³/mol. The Morgan fingerprint density at radius 1 is 1.30 bits per heavy atom. The van der Waals surface area contributed by atoms with Crippen molar-refractivity contribution in [2.45, 2.75) is 13.0 Å². The van der Waals surface area contributed by atoms with Gasteiger partial charge in [-0.05, 0) is 24.5 Å². The largest absolute Gasteiger partial charge is 0.354 e. The number of benzene rings is 1. The number of para-hydroxylation sites is 2. The van der Waals surface area contributed by atoms with E-state index in [9.17, 15) is 18.0 Å². The summed E-state index contributed by atoms with van der Waals surface area (Å²) < 4.78 is 25.8. The molecule has 0 spiro atoms. The average molecular weight is 337 g/mol. The van der Waals surface area contributed by atoms with E-state index in [4.69, 9.17) is 0 Å². The number of carbonyl (C=O) groups is 1. The fourth-order valence-electron chi connectivity index (χ4n) is 3.01. The topological polar surface area (TPSA) is 90.2 Å². The molecule has 1 aromatic heterocycles. The highest BCUT2D eigenvalue weighted by Gasteiger charge is 2.28. The van der Waals surface area contributed by atoms with E-state index in [1.54, 1.807) is 13.1 Å². The van der Waals surface area contributed by atoms with Gasteiger partial charge in [0.2, 0.25) is 5.91 Å². The van der Waals surface area contributed by atoms with Crippen LogP contribution < -0.4 is 11.0 Å². The monoisotopic (exact) mass is 337 g/mol. The lowest BCUT2D eigenvalue weighted by atomic mass is 10.1. The zero-order chi connectivity index (χ0) is 16.6. The first kappa shape index (κ1) is 15.8. The molecule has 0 bridgehead atoms. The van der Waals surface area contributed by atoms with Gasteiger partial charge in [0.15, 0.2) is 9.84 Å². The van der Waals surface area contributed by atoms with Crippen molar-refractivity contribution >= 4 is 26.8 Å². The highest BCUT2D eigenvalue weighted by atomic mass is 32.2. The van der Waals surface area contributed by atoms with E-state index >= 15 is 0 Å². The van der Waals surface area contributed by atoms with Gasteiger partial charge < -0.3 is 5.32 Å². The van der Waals surface area contributed by atoms with Crippen LogP contribution in [0, 0.1) is 5.92 Å². The highest BCUT2D eigenvalue weighted by molar-refractivity contribution is 7.91. The number of carbonyl (C=O) groups excluding carboxylic acids is 1. The molecule has 1 aromatic carbocycles. The third kappa shape index (κ3) is 3.17. The van der Waals surface area contributed by atoms with Gasteiger partial charge in [-0.1, -0.05) is 12.1 Å². The molecule has 124 valence electrons. The van der Waals surface area contributed by atoms with Crippen molar-refractivity contribution in [1.29, 1.82) is 0 Å². The lowest BCUT2D eigenvalue weighted by Crippen LogP contribution is -2.35. The van der Waals surface area contributed by atoms with Gasteiger partial charge in [0.05, 0.1) is 22.5 Å². The van der Waals surface area contributed by atoms with E-state index in [0.717, 1.165) is 5.52 Å². The number of fused-ring (bicyclic) bond motifs is 1. The summed E-state index contributed by atoms with van der Waals surface area (Å²) in [5, 5.41) is 2.74. The van der Waals surface area contributed by atoms with Crippen molar-refractivity contribution in [3.8, 4) is 0 Å². The van der Waals surface area contributed by atoms with E-state index in [1.807, 2.05) is 18.2 Å². The maximum absolute atomic E-state index is 12.2. The number of aryl methyl sites for hydroxylation is 1. The van der Waals surface area contributed by atoms with E-state index in [1.165, 1.54) is 9.13 Å². The third-order valence-corrected chi connectivity index (χ3v) is 6.11. The molecule has 0 aliphatic carbocycles. The first-order chi connectivity index (χ1) is 10.9. The van der Waals surface area contributed by atoms with Gasteiger partial charge in [-0.25, -0.2) is 13.2 Å². The molecule has 1 atom stereocenters. The van der Waals surface area contributed by atoms with Gasteiger partial charge in [-0.3, -0.25) is 13.9 Å². The van der Waals surface area contributed by atoms with Crippen LogP contribution in [0.4, 0.5) is 0 Å². The van der Waals surface area contributed by atoms with Gasteiger partial charge in [0.1, 0.15) is 6.54 Å². The maximum Gasteiger partial charge on any atom is 0.329 e. The molecule has 1 fully saturated rings. The quantitative estimate of drug-likeness (QED) is 0.843. The molecule has 1 aliphatic heterocycles. The van der Waals surface area contributed by atoms with Gasteiger partial charge in [0, 0.05) is 13.6 Å². The van der Waals surface area contributed by atoms with Crippen molar-refractivity contribution < 1.29 is 13.2 Å². The number of imidazole rings is 1. The minimum Gasteiger partial charge on any atom is -0.354 e. The molecule has 2 heterocycles. The van der Waals surface area contributed by atoms with Crippen molar-refractivity contribution in [2.24, 2.45) is 13.0 Å². The number of amides is 1. The molecule has 0 unspecified atom stereocenters. The fraction of sp³-hybridized carbons (Fsp3) is 0.467. The lowest BCUT2D eigenvalue weighted by Gasteiger charge is -2.10. The summed E-state index contributed by atoms with van der Waals surface area (Å²) in [4.78, 5) is 24.3. The van der Waals surface area contributed by atoms with Crippen LogP contribution >= 0.6 is 0 Å². The summed E-state index contributed by atoms with van der Waals surface area (Å²) in [6.07, 6.45) is 0.580. The summed E-state index contributed by atoms with van der Waals surface area (Å²) >= 11 is 0. The molecule has 2 aromatic rings. The van der Waals surface area contributed by atoms with Crippen LogP contribution in [0.25, 0.3) is 11.0 Å². The second kappa shape index (κ2) is 5.84. The van der Waals surface area contributed by atoms with E-state index in [-0.39, 0.29) is 35.6 Å². The van der Waals surface area contributed by atoms with Crippen molar-refractivity contribution in [2.75, 3.05) is 18.1 Å². The summed E-state index contributed by atoms with van der Waals surface area (Å²) in [6, 6.07) is 7.29. The Balaban J connectivity index is 1.69. The van der Waals surface area contributed by atoms with Gasteiger partial charge in [-0.15, -0.1) is 0 Å². The molecule has 1 aliphatic rings. The number of nitrogens with one attached hydrogen (secondary N) is 1. The number of aromatic nitrogens is 2. The fourth-order valence-corrected chi connectivity index (χ4v) is 4.87. The zero-order valence-corrected chi connectivity index (χ0v) is 13.7. The summed E-state index contributed by atoms with van der Waals surface area (Å²) in [7, 11) is -1.28. The Morgan fingerprint density at radius 3 is 2.65 bits per heavy atom. The zero-order valence-electron chi connectivity index (χ0n) is 12.9. The van der Waals surface area contributed by atoms with Crippen LogP contribution in [0.2, 0.25) is 0 Å². The lowest BCUT2D eigenvalue weighted by molar-refractivity contribution is -0.121. The van der Waals surface area contributed by atoms with E-state index in [2.05, 4.69) is 5.32 Å². The summed E-state index contributed by atoms with van der Waals surface area (Å²) in [5.74, 6) is -0.00130. The molecular weight excluding hydrogens is 318 g/mol. The number of sulfone groups is 1. The smallest absolute Gasteiger partial charge is 0.329 e. The Kier molecular flexibility index (Phi) is 4.01. The van der Waals surface area contributed by atoms with E-state index in [0.29, 0.717) is 18.5 Å². The summed E-state index contributed by atoms with van der Waals surface area (Å²) in [6.45, 7) is 0.261. The van der Waals surface area contributed by atoms with Crippen LogP contribution in [0.15, 0.2) is 29.1 Å². The summed E-state index contributed by atoms with van der Waals surface area (Å²) in [5.41, 5.74) is 1.23. The van der Waals surface area contributed by atoms with Crippen LogP contribution in [-0.2, 0) is 28.2 Å². The van der Waals surface area contributed by atoms with Crippen LogP contribution in [0.3, 0.4) is 0 Å². The molecular formula is C15H19N3O4S. The maximum atomic E-state index is 12.2. The molecule has 3 rings (SSSR count). The predicted octanol–water partition coefficient (Wildman–Crippen LogP) is -0.109. The molecule has 23 heavy (non-hydrogen) atoms. The Bertz CT molecular complexity index is 910. The van der Waals surface area contributed by atoms with Crippen LogP contribution in [0.5, 0.6) is 0 Å². The third-order valence-electron chi connectivity index (χ3n) is 4.27. The van der Waals surface area contributed by atoms with Gasteiger partial charge >= 0.3 is 5.69 Å². The standard InChI is InChI=1S/C15H19N3O4S/c1-17-12-4-2-3-5-13(12)18(15(17)20)9-14(19)16-8-11-6-7-23(21,22)10-11/h2-5,11H,6-10H2,1H3,(H,16,19)/t11-/m0/s1. The van der Waals surface area contributed by atoms with Gasteiger partial charge in [0.25, 0.3) is 0 Å². The Hall–Kier alpha value is -2.09. The first-order valence-electron chi connectivity index (χ1n) is 7.49. The second-order valence-corrected chi connectivity index (χ2v) is 8.22. The number of hydrogen-bond donors (Lipinski definition) is 1. The second-order valence-electron chi connectivity index (χ2n) is 5.99. The number of hydrogen-bond acceptors (Lipinski definition) is 4. The van der Waals surface area contributed by atoms with Crippen molar-refractivity contribution in [3.05, 3.63) is 34.7 Å². The average Bonchev–Trinajstić information content (AvgIpc) is 2.98. The van der Waals surface area contributed by atoms with Crippen molar-refractivity contribution in [3.63, 3.8) is 0 Å². The minimum atomic E-state index is -2.94. The van der Waals surface area contributed by atoms with Crippen LogP contribution in [-0.4, -0.2) is 41.5 Å². The molecule has 1 saturated heterocycles. The van der Waals surface area contributed by atoms with E-state index < -0.39 is 9.84 Å². The molecule has 0 radical (unpaired) electrons. The molecule has 1 amide bonds. The number of rotatable bonds is 4. The normalized spacial score (nSPS) is 20.0. The highest BCUT2D eigenvalue weighted by Crippen LogP contribution is 2.17. The SMILES string of the molecule is Cn1c(=O)n(CC(=O)NC[C@@H]2CCS(=O)(=O)C2)c2ccccc21. The minimum absolute atomic E-state index is 0.0341. The van der Waals surface area contributed by atoms with Crippen molar-refractivity contribution in [1.82, 2.24) is 14.5 Å².